The zero-order valence-corrected chi connectivity index (χ0v) is 20.0. The zero-order chi connectivity index (χ0) is 24.9. The number of hydrogen-bond acceptors (Lipinski definition) is 8. The first-order valence-corrected chi connectivity index (χ1v) is 12.3. The molecule has 0 bridgehead atoms. The molecule has 12 heteroatoms. The lowest BCUT2D eigenvalue weighted by molar-refractivity contribution is 0.268. The van der Waals surface area contributed by atoms with Crippen LogP contribution < -0.4 is 4.74 Å². The Morgan fingerprint density at radius 3 is 2.86 bits per heavy atom. The number of aromatic nitrogens is 7. The van der Waals surface area contributed by atoms with E-state index in [1.165, 1.54) is 10.9 Å². The van der Waals surface area contributed by atoms with Gasteiger partial charge in [-0.15, -0.1) is 15.3 Å². The summed E-state index contributed by atoms with van der Waals surface area (Å²) in [6.07, 6.45) is 12.4. The van der Waals surface area contributed by atoms with E-state index in [4.69, 9.17) is 9.84 Å². The molecule has 0 radical (unpaired) electrons. The third kappa shape index (κ3) is 5.29. The number of allylic oxidation sites excluding steroid dienone is 1. The van der Waals surface area contributed by atoms with E-state index in [9.17, 15) is 8.78 Å². The second kappa shape index (κ2) is 11.0. The van der Waals surface area contributed by atoms with E-state index in [1.807, 2.05) is 10.6 Å². The molecule has 0 fully saturated rings. The van der Waals surface area contributed by atoms with Crippen LogP contribution in [-0.2, 0) is 13.2 Å². The van der Waals surface area contributed by atoms with Crippen LogP contribution in [0.4, 0.5) is 8.78 Å². The minimum atomic E-state index is -0.752. The van der Waals surface area contributed by atoms with Crippen molar-refractivity contribution in [3.63, 3.8) is 0 Å². The molecule has 1 aliphatic carbocycles. The van der Waals surface area contributed by atoms with E-state index in [0.717, 1.165) is 37.1 Å². The number of benzene rings is 1. The van der Waals surface area contributed by atoms with Gasteiger partial charge in [0, 0.05) is 23.1 Å². The number of nitrogens with zero attached hydrogens (tertiary/aromatic N) is 7. The number of hydrogen-bond donors (Lipinski definition) is 1. The molecular formula is C24H23F2N7O2S. The van der Waals surface area contributed by atoms with Gasteiger partial charge in [0.2, 0.25) is 0 Å². The monoisotopic (exact) mass is 511 g/mol. The molecule has 1 aliphatic rings. The van der Waals surface area contributed by atoms with Crippen LogP contribution in [-0.4, -0.2) is 51.7 Å². The molecule has 3 heterocycles. The number of rotatable bonds is 9. The van der Waals surface area contributed by atoms with E-state index in [-0.39, 0.29) is 42.0 Å². The van der Waals surface area contributed by atoms with Crippen molar-refractivity contribution in [3.8, 4) is 22.7 Å². The summed E-state index contributed by atoms with van der Waals surface area (Å²) in [7, 11) is 0. The van der Waals surface area contributed by atoms with Crippen LogP contribution in [0.3, 0.4) is 0 Å². The molecule has 0 saturated carbocycles. The maximum atomic E-state index is 14.9. The van der Waals surface area contributed by atoms with Crippen molar-refractivity contribution in [3.05, 3.63) is 72.5 Å². The first-order chi connectivity index (χ1) is 17.6. The quantitative estimate of drug-likeness (QED) is 0.337. The highest BCUT2D eigenvalue weighted by Crippen LogP contribution is 2.32. The molecule has 1 N–H and O–H groups in total. The third-order valence-electron chi connectivity index (χ3n) is 5.59. The highest BCUT2D eigenvalue weighted by Gasteiger charge is 2.21. The summed E-state index contributed by atoms with van der Waals surface area (Å²) in [4.78, 5) is 4.19. The molecule has 1 aromatic carbocycles. The third-order valence-corrected chi connectivity index (χ3v) is 6.76. The van der Waals surface area contributed by atoms with Gasteiger partial charge in [0.25, 0.3) is 0 Å². The fraction of sp³-hybridized carbons (Fsp3) is 0.292. The number of aliphatic hydroxyl groups excluding tert-OH is 1. The van der Waals surface area contributed by atoms with E-state index in [1.54, 1.807) is 30.2 Å². The van der Waals surface area contributed by atoms with Gasteiger partial charge in [0.05, 0.1) is 31.2 Å². The Kier molecular flexibility index (Phi) is 7.33. The van der Waals surface area contributed by atoms with Gasteiger partial charge in [-0.3, -0.25) is 9.55 Å². The van der Waals surface area contributed by atoms with Crippen LogP contribution in [0.15, 0.2) is 60.2 Å². The molecule has 1 unspecified atom stereocenters. The van der Waals surface area contributed by atoms with E-state index < -0.39 is 11.6 Å². The SMILES string of the molecule is OCCn1cc(-c2cc(F)c(OCc3nnc(SC4C=CCCC4)n3-c3cccnc3)cc2F)nn1. The van der Waals surface area contributed by atoms with Crippen molar-refractivity contribution in [2.45, 2.75) is 42.8 Å². The average molecular weight is 512 g/mol. The molecule has 0 saturated heterocycles. The van der Waals surface area contributed by atoms with Gasteiger partial charge in [0.15, 0.2) is 22.5 Å². The Bertz CT molecular complexity index is 1360. The molecule has 36 heavy (non-hydrogen) atoms. The number of ether oxygens (including phenoxy) is 1. The standard InChI is InChI=1S/C24H23F2N7O2S/c25-19-12-22(20(26)11-18(19)21-14-32(9-10-34)31-28-21)35-15-23-29-30-24(36-17-6-2-1-3-7-17)33(23)16-5-4-8-27-13-16/h2,4-6,8,11-14,17,34H,1,3,7,9-10,15H2. The zero-order valence-electron chi connectivity index (χ0n) is 19.2. The van der Waals surface area contributed by atoms with Crippen molar-refractivity contribution in [2.24, 2.45) is 0 Å². The highest BCUT2D eigenvalue weighted by atomic mass is 32.2. The summed E-state index contributed by atoms with van der Waals surface area (Å²) in [5.74, 6) is -1.29. The fourth-order valence-corrected chi connectivity index (χ4v) is 4.99. The van der Waals surface area contributed by atoms with Gasteiger partial charge in [-0.2, -0.15) is 0 Å². The van der Waals surface area contributed by atoms with Crippen molar-refractivity contribution in [2.75, 3.05) is 6.61 Å². The van der Waals surface area contributed by atoms with Crippen LogP contribution in [0.25, 0.3) is 16.9 Å². The second-order valence-corrected chi connectivity index (χ2v) is 9.31. The smallest absolute Gasteiger partial charge is 0.196 e. The summed E-state index contributed by atoms with van der Waals surface area (Å²) in [6, 6.07) is 5.67. The number of pyridine rings is 1. The maximum absolute atomic E-state index is 14.9. The van der Waals surface area contributed by atoms with Crippen molar-refractivity contribution >= 4 is 11.8 Å². The molecule has 9 nitrogen and oxygen atoms in total. The van der Waals surface area contributed by atoms with Gasteiger partial charge in [-0.05, 0) is 37.5 Å². The number of thioether (sulfide) groups is 1. The summed E-state index contributed by atoms with van der Waals surface area (Å²) >= 11 is 1.59. The molecular weight excluding hydrogens is 488 g/mol. The van der Waals surface area contributed by atoms with Gasteiger partial charge in [-0.1, -0.05) is 29.1 Å². The molecule has 3 aromatic heterocycles. The van der Waals surface area contributed by atoms with Crippen LogP contribution in [0.1, 0.15) is 25.1 Å². The largest absolute Gasteiger partial charge is 0.482 e. The fourth-order valence-electron chi connectivity index (χ4n) is 3.84. The van der Waals surface area contributed by atoms with Crippen molar-refractivity contribution in [1.29, 1.82) is 0 Å². The maximum Gasteiger partial charge on any atom is 0.196 e. The van der Waals surface area contributed by atoms with Crippen LogP contribution in [0.5, 0.6) is 5.75 Å². The Balaban J connectivity index is 1.38. The Morgan fingerprint density at radius 2 is 2.08 bits per heavy atom. The lowest BCUT2D eigenvalue weighted by Crippen LogP contribution is -2.09. The Labute approximate surface area is 209 Å². The highest BCUT2D eigenvalue weighted by molar-refractivity contribution is 7.99. The summed E-state index contributed by atoms with van der Waals surface area (Å²) < 4.78 is 38.5. The second-order valence-electron chi connectivity index (χ2n) is 8.10. The lowest BCUT2D eigenvalue weighted by Gasteiger charge is -2.16. The molecule has 0 amide bonds. The van der Waals surface area contributed by atoms with Crippen LogP contribution in [0, 0.1) is 11.6 Å². The summed E-state index contributed by atoms with van der Waals surface area (Å²) in [5.41, 5.74) is 0.847. The first kappa shape index (κ1) is 24.1. The average Bonchev–Trinajstić information content (AvgIpc) is 3.53. The number of halogens is 2. The minimum Gasteiger partial charge on any atom is -0.482 e. The van der Waals surface area contributed by atoms with Crippen molar-refractivity contribution in [1.82, 2.24) is 34.7 Å². The topological polar surface area (TPSA) is 104 Å². The normalized spacial score (nSPS) is 15.4. The van der Waals surface area contributed by atoms with Crippen molar-refractivity contribution < 1.29 is 18.6 Å². The molecule has 186 valence electrons. The van der Waals surface area contributed by atoms with E-state index >= 15 is 0 Å². The number of aliphatic hydroxyl groups is 1. The minimum absolute atomic E-state index is 0.0539. The first-order valence-electron chi connectivity index (χ1n) is 11.4. The van der Waals surface area contributed by atoms with Crippen LogP contribution >= 0.6 is 11.8 Å². The van der Waals surface area contributed by atoms with Crippen LogP contribution in [0.2, 0.25) is 0 Å². The summed E-state index contributed by atoms with van der Waals surface area (Å²) in [5, 5.41) is 26.2. The van der Waals surface area contributed by atoms with Gasteiger partial charge < -0.3 is 9.84 Å². The van der Waals surface area contributed by atoms with Gasteiger partial charge >= 0.3 is 0 Å². The van der Waals surface area contributed by atoms with Gasteiger partial charge in [0.1, 0.15) is 18.1 Å². The molecule has 0 spiro atoms. The Hall–Kier alpha value is -3.64. The lowest BCUT2D eigenvalue weighted by atomic mass is 10.1. The molecule has 4 aromatic rings. The summed E-state index contributed by atoms with van der Waals surface area (Å²) in [6.45, 7) is -0.0772. The predicted octanol–water partition coefficient (Wildman–Crippen LogP) is 3.97. The molecule has 5 rings (SSSR count). The Morgan fingerprint density at radius 1 is 1.17 bits per heavy atom. The molecule has 0 aliphatic heterocycles. The molecule has 1 atom stereocenters. The predicted molar refractivity (Wildman–Crippen MR) is 129 cm³/mol. The van der Waals surface area contributed by atoms with E-state index in [0.29, 0.717) is 11.0 Å². The van der Waals surface area contributed by atoms with Gasteiger partial charge in [-0.25, -0.2) is 13.5 Å². The van der Waals surface area contributed by atoms with E-state index in [2.05, 4.69) is 37.6 Å².